The number of likely N-dealkylation sites (tertiary alicyclic amines) is 1. The molecule has 1 aliphatic heterocycles. The molecule has 1 saturated heterocycles. The fourth-order valence-electron chi connectivity index (χ4n) is 4.74. The van der Waals surface area contributed by atoms with Crippen LogP contribution in [-0.2, 0) is 17.5 Å². The average molecular weight is 558 g/mol. The van der Waals surface area contributed by atoms with Gasteiger partial charge in [-0.15, -0.1) is 0 Å². The Labute approximate surface area is 229 Å². The Morgan fingerprint density at radius 3 is 2.60 bits per heavy atom. The highest BCUT2D eigenvalue weighted by atomic mass is 19.4. The zero-order valence-electron chi connectivity index (χ0n) is 22.4. The number of imidazole rings is 1. The lowest BCUT2D eigenvalue weighted by molar-refractivity contribution is -0.137. The first kappa shape index (κ1) is 28.9. The third kappa shape index (κ3) is 6.37. The summed E-state index contributed by atoms with van der Waals surface area (Å²) in [5.74, 6) is -0.804. The van der Waals surface area contributed by atoms with Gasteiger partial charge in [-0.05, 0) is 75.9 Å². The van der Waals surface area contributed by atoms with E-state index < -0.39 is 35.4 Å². The normalized spacial score (nSPS) is 16.4. The molecular weight excluding hydrogens is 527 g/mol. The summed E-state index contributed by atoms with van der Waals surface area (Å²) in [5.41, 5.74) is -0.571. The van der Waals surface area contributed by atoms with Gasteiger partial charge in [0.1, 0.15) is 11.7 Å². The van der Waals surface area contributed by atoms with Gasteiger partial charge in [-0.2, -0.15) is 18.4 Å². The molecule has 0 saturated carbocycles. The lowest BCUT2D eigenvalue weighted by atomic mass is 10.1. The van der Waals surface area contributed by atoms with Crippen molar-refractivity contribution in [2.24, 2.45) is 0 Å². The number of benzene rings is 2. The molecule has 0 spiro atoms. The van der Waals surface area contributed by atoms with Crippen LogP contribution in [0.5, 0.6) is 0 Å². The third-order valence-electron chi connectivity index (χ3n) is 6.49. The topological polar surface area (TPSA) is 120 Å². The van der Waals surface area contributed by atoms with Crippen LogP contribution in [0.3, 0.4) is 0 Å². The van der Waals surface area contributed by atoms with Crippen molar-refractivity contribution in [3.8, 4) is 6.07 Å². The zero-order chi connectivity index (χ0) is 29.2. The summed E-state index contributed by atoms with van der Waals surface area (Å²) in [6, 6.07) is 8.80. The first-order chi connectivity index (χ1) is 18.8. The molecule has 1 atom stereocenters. The minimum absolute atomic E-state index is 0.0139. The number of rotatable bonds is 4. The molecular formula is C28H30F3N5O4. The molecule has 40 heavy (non-hydrogen) atoms. The third-order valence-corrected chi connectivity index (χ3v) is 6.49. The molecule has 2 amide bonds. The van der Waals surface area contributed by atoms with Gasteiger partial charge in [-0.25, -0.2) is 9.78 Å². The van der Waals surface area contributed by atoms with E-state index in [0.717, 1.165) is 24.6 Å². The van der Waals surface area contributed by atoms with Crippen molar-refractivity contribution in [3.63, 3.8) is 0 Å². The molecule has 2 heterocycles. The highest BCUT2D eigenvalue weighted by molar-refractivity contribution is 6.04. The molecule has 0 bridgehead atoms. The Morgan fingerprint density at radius 2 is 1.95 bits per heavy atom. The van der Waals surface area contributed by atoms with Crippen LogP contribution in [-0.4, -0.2) is 50.2 Å². The molecule has 1 aliphatic rings. The maximum absolute atomic E-state index is 13.3. The predicted octanol–water partition coefficient (Wildman–Crippen LogP) is 5.63. The number of ether oxygens (including phenoxy) is 1. The van der Waals surface area contributed by atoms with E-state index in [1.807, 2.05) is 0 Å². The number of halogens is 3. The van der Waals surface area contributed by atoms with Crippen LogP contribution in [0.2, 0.25) is 0 Å². The summed E-state index contributed by atoms with van der Waals surface area (Å²) < 4.78 is 47.0. The Bertz CT molecular complexity index is 1470. The molecule has 2 aromatic carbocycles. The number of aliphatic hydroxyl groups is 1. The fraction of sp³-hybridized carbons (Fsp3) is 0.429. The second-order valence-electron chi connectivity index (χ2n) is 10.7. The van der Waals surface area contributed by atoms with Crippen LogP contribution in [0.25, 0.3) is 11.0 Å². The number of alkyl halides is 3. The molecule has 1 unspecified atom stereocenters. The number of hydrogen-bond acceptors (Lipinski definition) is 6. The van der Waals surface area contributed by atoms with E-state index in [9.17, 15) is 33.1 Å². The van der Waals surface area contributed by atoms with Crippen molar-refractivity contribution < 1.29 is 32.6 Å². The van der Waals surface area contributed by atoms with Crippen molar-refractivity contribution in [1.82, 2.24) is 14.5 Å². The molecule has 0 aliphatic carbocycles. The van der Waals surface area contributed by atoms with E-state index in [0.29, 0.717) is 36.0 Å². The molecule has 2 N–H and O–H groups in total. The first-order valence-electron chi connectivity index (χ1n) is 12.8. The van der Waals surface area contributed by atoms with Gasteiger partial charge in [-0.3, -0.25) is 10.1 Å². The fourth-order valence-corrected chi connectivity index (χ4v) is 4.74. The lowest BCUT2D eigenvalue weighted by Crippen LogP contribution is -2.39. The van der Waals surface area contributed by atoms with Crippen LogP contribution in [0, 0.1) is 11.3 Å². The highest BCUT2D eigenvalue weighted by Gasteiger charge is 2.32. The van der Waals surface area contributed by atoms with Crippen molar-refractivity contribution in [2.45, 2.75) is 64.5 Å². The smallest absolute Gasteiger partial charge is 0.416 e. The van der Waals surface area contributed by atoms with Crippen LogP contribution in [0.4, 0.5) is 23.9 Å². The number of nitriles is 1. The standard InChI is InChI=1S/C28H30F3N5O4/c1-27(2,3)40-26(39)35-10-5-4-9-21(15-35)36-23-19(14-32)11-17(16-37)12-22(23)33-25(36)34-24(38)18-7-6-8-20(13-18)28(29,30)31/h6-8,11-13,21,37H,4-5,9-10,15-16H2,1-3H3,(H,33,34,38). The summed E-state index contributed by atoms with van der Waals surface area (Å²) in [6.45, 7) is 5.59. The number of carbonyl (C=O) groups is 2. The monoisotopic (exact) mass is 557 g/mol. The number of hydrogen-bond donors (Lipinski definition) is 2. The largest absolute Gasteiger partial charge is 0.444 e. The van der Waals surface area contributed by atoms with Gasteiger partial charge in [0.25, 0.3) is 5.91 Å². The van der Waals surface area contributed by atoms with E-state index in [-0.39, 0.29) is 30.2 Å². The Morgan fingerprint density at radius 1 is 1.20 bits per heavy atom. The SMILES string of the molecule is CC(C)(C)OC(=O)N1CCCCC(n2c(NC(=O)c3cccc(C(F)(F)F)c3)nc3cc(CO)cc(C#N)c32)C1. The summed E-state index contributed by atoms with van der Waals surface area (Å²) in [4.78, 5) is 32.2. The molecule has 9 nitrogen and oxygen atoms in total. The number of aliphatic hydroxyl groups excluding tert-OH is 1. The summed E-state index contributed by atoms with van der Waals surface area (Å²) in [6.07, 6.45) is -3.13. The van der Waals surface area contributed by atoms with Gasteiger partial charge in [-0.1, -0.05) is 6.07 Å². The second kappa shape index (κ2) is 11.2. The van der Waals surface area contributed by atoms with Crippen molar-refractivity contribution in [3.05, 3.63) is 58.7 Å². The minimum Gasteiger partial charge on any atom is -0.444 e. The van der Waals surface area contributed by atoms with Gasteiger partial charge < -0.3 is 19.3 Å². The van der Waals surface area contributed by atoms with Crippen LogP contribution < -0.4 is 5.32 Å². The van der Waals surface area contributed by atoms with E-state index in [1.54, 1.807) is 36.3 Å². The van der Waals surface area contributed by atoms with Gasteiger partial charge in [0.15, 0.2) is 0 Å². The zero-order valence-corrected chi connectivity index (χ0v) is 22.4. The average Bonchev–Trinajstić information content (AvgIpc) is 3.06. The highest BCUT2D eigenvalue weighted by Crippen LogP contribution is 2.34. The number of aromatic nitrogens is 2. The molecule has 1 fully saturated rings. The maximum atomic E-state index is 13.3. The second-order valence-corrected chi connectivity index (χ2v) is 10.7. The summed E-state index contributed by atoms with van der Waals surface area (Å²) >= 11 is 0. The van der Waals surface area contributed by atoms with Crippen LogP contribution >= 0.6 is 0 Å². The molecule has 12 heteroatoms. The van der Waals surface area contributed by atoms with Gasteiger partial charge in [0, 0.05) is 18.7 Å². The number of carbonyl (C=O) groups excluding carboxylic acids is 2. The maximum Gasteiger partial charge on any atom is 0.416 e. The molecule has 0 radical (unpaired) electrons. The first-order valence-corrected chi connectivity index (χ1v) is 12.8. The van der Waals surface area contributed by atoms with Crippen molar-refractivity contribution >= 4 is 29.0 Å². The van der Waals surface area contributed by atoms with E-state index in [2.05, 4.69) is 16.4 Å². The Hall–Kier alpha value is -4.11. The molecule has 212 valence electrons. The van der Waals surface area contributed by atoms with Crippen molar-refractivity contribution in [1.29, 1.82) is 5.26 Å². The number of nitrogens with one attached hydrogen (secondary N) is 1. The predicted molar refractivity (Wildman–Crippen MR) is 140 cm³/mol. The molecule has 4 rings (SSSR count). The van der Waals surface area contributed by atoms with Crippen LogP contribution in [0.1, 0.15) is 73.1 Å². The van der Waals surface area contributed by atoms with E-state index >= 15 is 0 Å². The number of anilines is 1. The Balaban J connectivity index is 1.79. The van der Waals surface area contributed by atoms with Crippen molar-refractivity contribution in [2.75, 3.05) is 18.4 Å². The van der Waals surface area contributed by atoms with E-state index in [4.69, 9.17) is 4.74 Å². The number of fused-ring (bicyclic) bond motifs is 1. The number of amides is 2. The van der Waals surface area contributed by atoms with Gasteiger partial charge in [0.2, 0.25) is 5.95 Å². The van der Waals surface area contributed by atoms with Gasteiger partial charge >= 0.3 is 12.3 Å². The van der Waals surface area contributed by atoms with Gasteiger partial charge in [0.05, 0.1) is 34.8 Å². The Kier molecular flexibility index (Phi) is 8.07. The molecule has 3 aromatic rings. The molecule has 1 aromatic heterocycles. The number of nitrogens with zero attached hydrogens (tertiary/aromatic N) is 4. The summed E-state index contributed by atoms with van der Waals surface area (Å²) in [7, 11) is 0. The quantitative estimate of drug-likeness (QED) is 0.429. The minimum atomic E-state index is -4.63. The van der Waals surface area contributed by atoms with Crippen LogP contribution in [0.15, 0.2) is 36.4 Å². The van der Waals surface area contributed by atoms with E-state index in [1.165, 1.54) is 12.1 Å². The summed E-state index contributed by atoms with van der Waals surface area (Å²) in [5, 5.41) is 22.2. The lowest BCUT2D eigenvalue weighted by Gasteiger charge is -2.29.